The molecule has 0 aliphatic heterocycles. The Hall–Kier alpha value is -3.86. The number of thiocarbonyl (C=S) groups is 1. The first kappa shape index (κ1) is 23.8. The number of benzene rings is 2. The number of ether oxygens (including phenoxy) is 1. The van der Waals surface area contributed by atoms with E-state index in [9.17, 15) is 23.9 Å². The Labute approximate surface area is 191 Å². The number of rotatable bonds is 6. The molecule has 0 spiro atoms. The van der Waals surface area contributed by atoms with Crippen LogP contribution in [0.5, 0.6) is 5.75 Å². The molecule has 0 unspecified atom stereocenters. The molecule has 0 radical (unpaired) electrons. The van der Waals surface area contributed by atoms with Crippen LogP contribution >= 0.6 is 12.2 Å². The lowest BCUT2D eigenvalue weighted by Crippen LogP contribution is -2.34. The Kier molecular flexibility index (Phi) is 7.02. The lowest BCUT2D eigenvalue weighted by atomic mass is 10.1. The third-order valence-corrected chi connectivity index (χ3v) is 4.92. The van der Waals surface area contributed by atoms with Gasteiger partial charge in [-0.1, -0.05) is 0 Å². The summed E-state index contributed by atoms with van der Waals surface area (Å²) in [6, 6.07) is 6.92. The standard InChI is InChI=1S/C22H19F2N3O5S/c1-3-27-10-14(21(30)31)19(28)13-9-15(23)17(16(24)18(13)27)25-22(33)26-20(29)11-5-7-12(8-6-11)32-4-2/h5-10H,3-4H2,1-2H3,(H,30,31)(H2,25,26,29,33). The van der Waals surface area contributed by atoms with E-state index < -0.39 is 45.6 Å². The third-order valence-electron chi connectivity index (χ3n) is 4.72. The average Bonchev–Trinajstić information content (AvgIpc) is 2.77. The molecule has 3 aromatic rings. The van der Waals surface area contributed by atoms with Gasteiger partial charge in [-0.05, 0) is 56.4 Å². The fourth-order valence-electron chi connectivity index (χ4n) is 3.19. The lowest BCUT2D eigenvalue weighted by Gasteiger charge is -2.16. The van der Waals surface area contributed by atoms with E-state index in [1.165, 1.54) is 16.7 Å². The van der Waals surface area contributed by atoms with Gasteiger partial charge in [0.25, 0.3) is 5.91 Å². The summed E-state index contributed by atoms with van der Waals surface area (Å²) in [7, 11) is 0. The molecule has 1 aromatic heterocycles. The number of hydrogen-bond acceptors (Lipinski definition) is 5. The smallest absolute Gasteiger partial charge is 0.341 e. The number of amides is 1. The molecule has 0 saturated carbocycles. The van der Waals surface area contributed by atoms with Crippen LogP contribution in [0.1, 0.15) is 34.6 Å². The number of nitrogens with one attached hydrogen (secondary N) is 2. The maximum atomic E-state index is 15.2. The van der Waals surface area contributed by atoms with Gasteiger partial charge >= 0.3 is 5.97 Å². The number of aromatic nitrogens is 1. The van der Waals surface area contributed by atoms with Gasteiger partial charge in [0.05, 0.1) is 17.5 Å². The predicted molar refractivity (Wildman–Crippen MR) is 122 cm³/mol. The van der Waals surface area contributed by atoms with E-state index in [1.807, 2.05) is 6.92 Å². The minimum absolute atomic E-state index is 0.109. The van der Waals surface area contributed by atoms with Crippen LogP contribution in [0, 0.1) is 11.6 Å². The highest BCUT2D eigenvalue weighted by atomic mass is 32.1. The van der Waals surface area contributed by atoms with Crippen molar-refractivity contribution in [3.05, 3.63) is 69.5 Å². The summed E-state index contributed by atoms with van der Waals surface area (Å²) in [5.74, 6) is -3.89. The summed E-state index contributed by atoms with van der Waals surface area (Å²) < 4.78 is 36.4. The minimum Gasteiger partial charge on any atom is -0.494 e. The number of fused-ring (bicyclic) bond motifs is 1. The second-order valence-corrected chi connectivity index (χ2v) is 7.18. The molecule has 11 heteroatoms. The molecule has 1 heterocycles. The van der Waals surface area contributed by atoms with E-state index in [0.29, 0.717) is 12.4 Å². The quantitative estimate of drug-likeness (QED) is 0.468. The van der Waals surface area contributed by atoms with E-state index in [-0.39, 0.29) is 22.7 Å². The van der Waals surface area contributed by atoms with Gasteiger partial charge in [-0.15, -0.1) is 0 Å². The number of pyridine rings is 1. The maximum absolute atomic E-state index is 15.2. The Morgan fingerprint density at radius 2 is 1.85 bits per heavy atom. The highest BCUT2D eigenvalue weighted by Crippen LogP contribution is 2.27. The fraction of sp³-hybridized carbons (Fsp3) is 0.182. The Morgan fingerprint density at radius 1 is 1.18 bits per heavy atom. The normalized spacial score (nSPS) is 10.7. The minimum atomic E-state index is -1.51. The number of carboxylic acids is 1. The molecule has 172 valence electrons. The zero-order valence-electron chi connectivity index (χ0n) is 17.6. The Bertz CT molecular complexity index is 1320. The van der Waals surface area contributed by atoms with Crippen molar-refractivity contribution in [1.29, 1.82) is 0 Å². The van der Waals surface area contributed by atoms with Crippen molar-refractivity contribution < 1.29 is 28.2 Å². The summed E-state index contributed by atoms with van der Waals surface area (Å²) >= 11 is 5.02. The van der Waals surface area contributed by atoms with Crippen LogP contribution < -0.4 is 20.8 Å². The molecule has 3 rings (SSSR count). The van der Waals surface area contributed by atoms with Crippen LogP contribution in [0.25, 0.3) is 10.9 Å². The highest BCUT2D eigenvalue weighted by Gasteiger charge is 2.22. The monoisotopic (exact) mass is 475 g/mol. The van der Waals surface area contributed by atoms with Crippen LogP contribution in [0.2, 0.25) is 0 Å². The molecule has 0 fully saturated rings. The zero-order chi connectivity index (χ0) is 24.3. The van der Waals surface area contributed by atoms with Crippen LogP contribution in [0.15, 0.2) is 41.3 Å². The van der Waals surface area contributed by atoms with Crippen molar-refractivity contribution in [2.45, 2.75) is 20.4 Å². The SMILES string of the molecule is CCOc1ccc(C(=O)NC(=S)Nc2c(F)cc3c(=O)c(C(=O)O)cn(CC)c3c2F)cc1. The van der Waals surface area contributed by atoms with Crippen molar-refractivity contribution in [2.24, 2.45) is 0 Å². The number of anilines is 1. The largest absolute Gasteiger partial charge is 0.494 e. The molecule has 33 heavy (non-hydrogen) atoms. The van der Waals surface area contributed by atoms with Crippen molar-refractivity contribution in [3.63, 3.8) is 0 Å². The van der Waals surface area contributed by atoms with Gasteiger partial charge in [-0.3, -0.25) is 14.9 Å². The zero-order valence-corrected chi connectivity index (χ0v) is 18.4. The third kappa shape index (κ3) is 4.82. The number of hydrogen-bond donors (Lipinski definition) is 3. The molecule has 3 N–H and O–H groups in total. The molecule has 2 aromatic carbocycles. The maximum Gasteiger partial charge on any atom is 0.341 e. The lowest BCUT2D eigenvalue weighted by molar-refractivity contribution is 0.0694. The van der Waals surface area contributed by atoms with Gasteiger partial charge in [-0.2, -0.15) is 0 Å². The summed E-state index contributed by atoms with van der Waals surface area (Å²) in [5.41, 5.74) is -2.37. The second kappa shape index (κ2) is 9.74. The summed E-state index contributed by atoms with van der Waals surface area (Å²) in [6.45, 7) is 4.00. The molecular formula is C22H19F2N3O5S. The van der Waals surface area contributed by atoms with E-state index in [0.717, 1.165) is 12.3 Å². The number of carbonyl (C=O) groups is 2. The van der Waals surface area contributed by atoms with E-state index in [1.54, 1.807) is 19.1 Å². The molecule has 0 aliphatic carbocycles. The van der Waals surface area contributed by atoms with E-state index >= 15 is 4.39 Å². The van der Waals surface area contributed by atoms with Crippen molar-refractivity contribution in [1.82, 2.24) is 9.88 Å². The first-order valence-corrected chi connectivity index (χ1v) is 10.2. The van der Waals surface area contributed by atoms with Gasteiger partial charge in [0.1, 0.15) is 17.0 Å². The molecule has 0 saturated heterocycles. The Morgan fingerprint density at radius 3 is 2.42 bits per heavy atom. The van der Waals surface area contributed by atoms with E-state index in [4.69, 9.17) is 17.0 Å². The second-order valence-electron chi connectivity index (χ2n) is 6.77. The van der Waals surface area contributed by atoms with Crippen molar-refractivity contribution >= 4 is 45.8 Å². The van der Waals surface area contributed by atoms with Gasteiger partial charge < -0.3 is 19.7 Å². The van der Waals surface area contributed by atoms with Crippen LogP contribution in [0.4, 0.5) is 14.5 Å². The number of carbonyl (C=O) groups excluding carboxylic acids is 1. The van der Waals surface area contributed by atoms with Crippen molar-refractivity contribution in [2.75, 3.05) is 11.9 Å². The van der Waals surface area contributed by atoms with Crippen LogP contribution in [0.3, 0.4) is 0 Å². The highest BCUT2D eigenvalue weighted by molar-refractivity contribution is 7.80. The fourth-order valence-corrected chi connectivity index (χ4v) is 3.39. The molecule has 8 nitrogen and oxygen atoms in total. The van der Waals surface area contributed by atoms with Gasteiger partial charge in [0, 0.05) is 18.3 Å². The summed E-state index contributed by atoms with van der Waals surface area (Å²) in [5, 5.41) is 13.0. The molecular weight excluding hydrogens is 456 g/mol. The van der Waals surface area contributed by atoms with Gasteiger partial charge in [-0.25, -0.2) is 13.6 Å². The molecule has 1 amide bonds. The topological polar surface area (TPSA) is 110 Å². The molecule has 0 atom stereocenters. The number of aryl methyl sites for hydroxylation is 1. The average molecular weight is 475 g/mol. The number of halogens is 2. The van der Waals surface area contributed by atoms with Gasteiger partial charge in [0.15, 0.2) is 16.7 Å². The number of carboxylic acid groups (broad SMARTS) is 1. The predicted octanol–water partition coefficient (Wildman–Crippen LogP) is 3.52. The van der Waals surface area contributed by atoms with Gasteiger partial charge in [0.2, 0.25) is 5.43 Å². The first-order valence-electron chi connectivity index (χ1n) is 9.81. The first-order chi connectivity index (χ1) is 15.7. The van der Waals surface area contributed by atoms with Crippen LogP contribution in [-0.4, -0.2) is 33.3 Å². The number of nitrogens with zero attached hydrogens (tertiary/aromatic N) is 1. The summed E-state index contributed by atoms with van der Waals surface area (Å²) in [4.78, 5) is 36.1. The van der Waals surface area contributed by atoms with Crippen LogP contribution in [-0.2, 0) is 6.54 Å². The molecule has 0 bridgehead atoms. The van der Waals surface area contributed by atoms with Crippen molar-refractivity contribution in [3.8, 4) is 5.75 Å². The number of aromatic carboxylic acids is 1. The van der Waals surface area contributed by atoms with E-state index in [2.05, 4.69) is 10.6 Å². The summed E-state index contributed by atoms with van der Waals surface area (Å²) in [6.07, 6.45) is 0.990. The Balaban J connectivity index is 1.91. The molecule has 0 aliphatic rings.